The zero-order chi connectivity index (χ0) is 17.9. The first-order valence-corrected chi connectivity index (χ1v) is 9.83. The predicted molar refractivity (Wildman–Crippen MR) is 100 cm³/mol. The van der Waals surface area contributed by atoms with Gasteiger partial charge in [-0.25, -0.2) is 0 Å². The number of likely N-dealkylation sites (tertiary alicyclic amines) is 2. The van der Waals surface area contributed by atoms with Crippen molar-refractivity contribution in [3.63, 3.8) is 0 Å². The van der Waals surface area contributed by atoms with Crippen LogP contribution in [-0.4, -0.2) is 53.0 Å². The maximum atomic E-state index is 12.7. The average Bonchev–Trinajstić information content (AvgIpc) is 2.63. The highest BCUT2D eigenvalue weighted by atomic mass is 16.3. The number of aryl methyl sites for hydroxylation is 1. The van der Waals surface area contributed by atoms with E-state index in [2.05, 4.69) is 17.9 Å². The van der Waals surface area contributed by atoms with Crippen molar-refractivity contribution in [2.24, 2.45) is 0 Å². The second kappa shape index (κ2) is 7.88. The van der Waals surface area contributed by atoms with Crippen LogP contribution in [0.5, 0.6) is 0 Å². The predicted octanol–water partition coefficient (Wildman–Crippen LogP) is 3.07. The third-order valence-electron chi connectivity index (χ3n) is 6.06. The second-order valence-corrected chi connectivity index (χ2v) is 7.81. The molecule has 2 aliphatic heterocycles. The van der Waals surface area contributed by atoms with Gasteiger partial charge >= 0.3 is 0 Å². The molecule has 3 rings (SSSR count). The SMILES string of the molecule is CCC1CCCCN1CC(=O)N1CCC(O)(c2cccc(C)c2)CC1. The van der Waals surface area contributed by atoms with Crippen LogP contribution in [0, 0.1) is 6.92 Å². The number of hydrogen-bond acceptors (Lipinski definition) is 3. The minimum Gasteiger partial charge on any atom is -0.385 e. The lowest BCUT2D eigenvalue weighted by Gasteiger charge is -2.40. The van der Waals surface area contributed by atoms with E-state index in [9.17, 15) is 9.90 Å². The van der Waals surface area contributed by atoms with Crippen molar-refractivity contribution in [2.45, 2.75) is 64.0 Å². The van der Waals surface area contributed by atoms with Gasteiger partial charge in [0.25, 0.3) is 0 Å². The average molecular weight is 344 g/mol. The number of hydrogen-bond donors (Lipinski definition) is 1. The highest BCUT2D eigenvalue weighted by Crippen LogP contribution is 2.33. The van der Waals surface area contributed by atoms with E-state index in [0.717, 1.165) is 18.5 Å². The van der Waals surface area contributed by atoms with Crippen LogP contribution < -0.4 is 0 Å². The van der Waals surface area contributed by atoms with Crippen LogP contribution >= 0.6 is 0 Å². The third-order valence-corrected chi connectivity index (χ3v) is 6.06. The third kappa shape index (κ3) is 4.24. The summed E-state index contributed by atoms with van der Waals surface area (Å²) in [5.41, 5.74) is 1.36. The Morgan fingerprint density at radius 2 is 2.00 bits per heavy atom. The molecule has 25 heavy (non-hydrogen) atoms. The van der Waals surface area contributed by atoms with Gasteiger partial charge in [0.2, 0.25) is 5.91 Å². The summed E-state index contributed by atoms with van der Waals surface area (Å²) in [4.78, 5) is 17.1. The Kier molecular flexibility index (Phi) is 5.80. The maximum Gasteiger partial charge on any atom is 0.236 e. The molecule has 1 N–H and O–H groups in total. The van der Waals surface area contributed by atoms with Crippen molar-refractivity contribution in [1.29, 1.82) is 0 Å². The van der Waals surface area contributed by atoms with Gasteiger partial charge in [0, 0.05) is 19.1 Å². The molecule has 0 radical (unpaired) electrons. The molecule has 0 bridgehead atoms. The fourth-order valence-electron chi connectivity index (χ4n) is 4.35. The summed E-state index contributed by atoms with van der Waals surface area (Å²) in [6.45, 7) is 7.15. The van der Waals surface area contributed by atoms with Crippen molar-refractivity contribution in [3.05, 3.63) is 35.4 Å². The molecule has 1 atom stereocenters. The summed E-state index contributed by atoms with van der Waals surface area (Å²) in [6.07, 6.45) is 6.09. The Balaban J connectivity index is 1.57. The molecule has 1 aromatic carbocycles. The maximum absolute atomic E-state index is 12.7. The van der Waals surface area contributed by atoms with Gasteiger partial charge in [-0.05, 0) is 51.1 Å². The molecule has 2 fully saturated rings. The molecule has 4 heteroatoms. The Morgan fingerprint density at radius 1 is 1.24 bits per heavy atom. The van der Waals surface area contributed by atoms with Crippen molar-refractivity contribution >= 4 is 5.91 Å². The zero-order valence-corrected chi connectivity index (χ0v) is 15.7. The van der Waals surface area contributed by atoms with E-state index in [1.54, 1.807) is 0 Å². The van der Waals surface area contributed by atoms with Crippen molar-refractivity contribution < 1.29 is 9.90 Å². The van der Waals surface area contributed by atoms with E-state index in [-0.39, 0.29) is 5.91 Å². The largest absolute Gasteiger partial charge is 0.385 e. The van der Waals surface area contributed by atoms with E-state index < -0.39 is 5.60 Å². The molecule has 1 aromatic rings. The summed E-state index contributed by atoms with van der Waals surface area (Å²) in [7, 11) is 0. The van der Waals surface area contributed by atoms with Crippen molar-refractivity contribution in [2.75, 3.05) is 26.2 Å². The number of nitrogens with zero attached hydrogens (tertiary/aromatic N) is 2. The number of amides is 1. The van der Waals surface area contributed by atoms with Crippen LogP contribution in [0.25, 0.3) is 0 Å². The van der Waals surface area contributed by atoms with Gasteiger partial charge in [-0.3, -0.25) is 9.69 Å². The molecule has 0 aliphatic carbocycles. The van der Waals surface area contributed by atoms with Crippen LogP contribution in [0.1, 0.15) is 56.6 Å². The minimum atomic E-state index is -0.792. The molecular formula is C21H32N2O2. The molecule has 2 saturated heterocycles. The first kappa shape index (κ1) is 18.4. The van der Waals surface area contributed by atoms with Gasteiger partial charge < -0.3 is 10.0 Å². The summed E-state index contributed by atoms with van der Waals surface area (Å²) in [5, 5.41) is 11.0. The van der Waals surface area contributed by atoms with E-state index >= 15 is 0 Å². The zero-order valence-electron chi connectivity index (χ0n) is 15.7. The van der Waals surface area contributed by atoms with Gasteiger partial charge in [-0.1, -0.05) is 43.2 Å². The van der Waals surface area contributed by atoms with Gasteiger partial charge in [0.05, 0.1) is 12.1 Å². The fraction of sp³-hybridized carbons (Fsp3) is 0.667. The molecule has 138 valence electrons. The molecule has 1 amide bonds. The summed E-state index contributed by atoms with van der Waals surface area (Å²) in [6, 6.07) is 8.68. The molecular weight excluding hydrogens is 312 g/mol. The van der Waals surface area contributed by atoms with E-state index in [1.807, 2.05) is 30.0 Å². The lowest BCUT2D eigenvalue weighted by atomic mass is 9.84. The van der Waals surface area contributed by atoms with Crippen LogP contribution in [0.3, 0.4) is 0 Å². The number of rotatable bonds is 4. The summed E-state index contributed by atoms with van der Waals surface area (Å²) < 4.78 is 0. The molecule has 2 heterocycles. The molecule has 0 saturated carbocycles. The van der Waals surface area contributed by atoms with Crippen molar-refractivity contribution in [1.82, 2.24) is 9.80 Å². The van der Waals surface area contributed by atoms with Gasteiger partial charge in [0.15, 0.2) is 0 Å². The number of aliphatic hydroxyl groups is 1. The van der Waals surface area contributed by atoms with Gasteiger partial charge in [-0.2, -0.15) is 0 Å². The molecule has 0 spiro atoms. The van der Waals surface area contributed by atoms with Gasteiger partial charge in [-0.15, -0.1) is 0 Å². The quantitative estimate of drug-likeness (QED) is 0.913. The first-order chi connectivity index (χ1) is 12.0. The minimum absolute atomic E-state index is 0.228. The van der Waals surface area contributed by atoms with E-state index in [1.165, 1.54) is 24.8 Å². The highest BCUT2D eigenvalue weighted by molar-refractivity contribution is 5.78. The standard InChI is InChI=1S/C21H32N2O2/c1-3-19-9-4-5-12-23(19)16-20(24)22-13-10-21(25,11-14-22)18-8-6-7-17(2)15-18/h6-8,15,19,25H,3-5,9-14,16H2,1-2H3. The van der Waals surface area contributed by atoms with E-state index in [0.29, 0.717) is 38.5 Å². The Morgan fingerprint density at radius 3 is 2.68 bits per heavy atom. The van der Waals surface area contributed by atoms with E-state index in [4.69, 9.17) is 0 Å². The molecule has 4 nitrogen and oxygen atoms in total. The Hall–Kier alpha value is -1.39. The molecule has 2 aliphatic rings. The summed E-state index contributed by atoms with van der Waals surface area (Å²) in [5.74, 6) is 0.228. The smallest absolute Gasteiger partial charge is 0.236 e. The lowest BCUT2D eigenvalue weighted by molar-refractivity contribution is -0.138. The Bertz CT molecular complexity index is 593. The first-order valence-electron chi connectivity index (χ1n) is 9.83. The van der Waals surface area contributed by atoms with Crippen LogP contribution in [0.15, 0.2) is 24.3 Å². The summed E-state index contributed by atoms with van der Waals surface area (Å²) >= 11 is 0. The van der Waals surface area contributed by atoms with Gasteiger partial charge in [0.1, 0.15) is 0 Å². The topological polar surface area (TPSA) is 43.8 Å². The molecule has 0 aromatic heterocycles. The number of piperidine rings is 2. The molecule has 1 unspecified atom stereocenters. The normalized spacial score (nSPS) is 24.3. The van der Waals surface area contributed by atoms with Crippen molar-refractivity contribution in [3.8, 4) is 0 Å². The number of benzene rings is 1. The highest BCUT2D eigenvalue weighted by Gasteiger charge is 2.36. The van der Waals surface area contributed by atoms with Crippen LogP contribution in [0.2, 0.25) is 0 Å². The number of carbonyl (C=O) groups is 1. The van der Waals surface area contributed by atoms with Crippen LogP contribution in [0.4, 0.5) is 0 Å². The van der Waals surface area contributed by atoms with Crippen LogP contribution in [-0.2, 0) is 10.4 Å². The fourth-order valence-corrected chi connectivity index (χ4v) is 4.35. The number of carbonyl (C=O) groups excluding carboxylic acids is 1. The monoisotopic (exact) mass is 344 g/mol. The lowest BCUT2D eigenvalue weighted by Crippen LogP contribution is -2.50. The second-order valence-electron chi connectivity index (χ2n) is 7.81. The Labute approximate surface area is 151 Å².